The predicted molar refractivity (Wildman–Crippen MR) is 93.9 cm³/mol. The van der Waals surface area contributed by atoms with E-state index in [1.807, 2.05) is 0 Å². The highest BCUT2D eigenvalue weighted by atomic mass is 16.1. The van der Waals surface area contributed by atoms with Crippen LogP contribution in [0.1, 0.15) is 78.1 Å². The van der Waals surface area contributed by atoms with Crippen LogP contribution in [-0.4, -0.2) is 24.3 Å². The van der Waals surface area contributed by atoms with Gasteiger partial charge in [0.15, 0.2) is 11.7 Å². The average molecular weight is 313 g/mol. The molecule has 0 saturated heterocycles. The third-order valence-electron chi connectivity index (χ3n) is 4.09. The van der Waals surface area contributed by atoms with Gasteiger partial charge in [0.05, 0.1) is 6.04 Å². The summed E-state index contributed by atoms with van der Waals surface area (Å²) >= 11 is 0. The SMILES string of the molecule is CCCCCCC(CCCCCC)C(=O)[C@H](N)CNC(=N)N. The number of guanidine groups is 1. The Morgan fingerprint density at radius 2 is 1.50 bits per heavy atom. The molecule has 0 aromatic heterocycles. The number of rotatable bonds is 14. The van der Waals surface area contributed by atoms with Crippen molar-refractivity contribution in [3.05, 3.63) is 0 Å². The third-order valence-corrected chi connectivity index (χ3v) is 4.09. The maximum absolute atomic E-state index is 12.5. The standard InChI is InChI=1S/C17H36N4O/c1-3-5-7-9-11-14(12-10-8-6-4-2)16(22)15(18)13-21-17(19)20/h14-15H,3-13,18H2,1-2H3,(H4,19,20,21)/t15-/m1/s1. The first-order valence-electron chi connectivity index (χ1n) is 8.90. The highest BCUT2D eigenvalue weighted by Gasteiger charge is 2.23. The van der Waals surface area contributed by atoms with Gasteiger partial charge in [0.1, 0.15) is 0 Å². The molecule has 6 N–H and O–H groups in total. The Bertz CT molecular complexity index is 295. The van der Waals surface area contributed by atoms with Gasteiger partial charge in [0, 0.05) is 12.5 Å². The van der Waals surface area contributed by atoms with Gasteiger partial charge < -0.3 is 16.8 Å². The van der Waals surface area contributed by atoms with E-state index in [2.05, 4.69) is 19.2 Å². The molecular formula is C17H36N4O. The van der Waals surface area contributed by atoms with E-state index in [4.69, 9.17) is 16.9 Å². The van der Waals surface area contributed by atoms with Crippen molar-refractivity contribution in [3.8, 4) is 0 Å². The van der Waals surface area contributed by atoms with Crippen LogP contribution < -0.4 is 16.8 Å². The summed E-state index contributed by atoms with van der Waals surface area (Å²) in [7, 11) is 0. The van der Waals surface area contributed by atoms with Gasteiger partial charge in [-0.15, -0.1) is 0 Å². The number of carbonyl (C=O) groups excluding carboxylic acids is 1. The second-order valence-electron chi connectivity index (χ2n) is 6.20. The molecule has 0 fully saturated rings. The smallest absolute Gasteiger partial charge is 0.185 e. The van der Waals surface area contributed by atoms with Crippen LogP contribution in [0.2, 0.25) is 0 Å². The Balaban J connectivity index is 4.32. The molecule has 0 heterocycles. The zero-order valence-corrected chi connectivity index (χ0v) is 14.5. The lowest BCUT2D eigenvalue weighted by atomic mass is 9.88. The maximum Gasteiger partial charge on any atom is 0.185 e. The minimum absolute atomic E-state index is 0.0671. The number of nitrogens with one attached hydrogen (secondary N) is 2. The third kappa shape index (κ3) is 10.6. The summed E-state index contributed by atoms with van der Waals surface area (Å²) in [6, 6.07) is -0.564. The molecule has 0 aliphatic carbocycles. The van der Waals surface area contributed by atoms with Crippen LogP contribution in [0.3, 0.4) is 0 Å². The molecule has 0 radical (unpaired) electrons. The molecule has 1 atom stereocenters. The van der Waals surface area contributed by atoms with E-state index in [1.165, 1.54) is 38.5 Å². The van der Waals surface area contributed by atoms with E-state index >= 15 is 0 Å². The van der Waals surface area contributed by atoms with Crippen LogP contribution in [0.25, 0.3) is 0 Å². The van der Waals surface area contributed by atoms with Gasteiger partial charge in [-0.25, -0.2) is 0 Å². The molecule has 0 unspecified atom stereocenters. The van der Waals surface area contributed by atoms with Crippen molar-refractivity contribution in [1.82, 2.24) is 5.32 Å². The van der Waals surface area contributed by atoms with Crippen LogP contribution in [0.15, 0.2) is 0 Å². The molecule has 0 aromatic carbocycles. The van der Waals surface area contributed by atoms with Crippen molar-refractivity contribution >= 4 is 11.7 Å². The zero-order chi connectivity index (χ0) is 16.8. The Morgan fingerprint density at radius 1 is 1.00 bits per heavy atom. The fourth-order valence-corrected chi connectivity index (χ4v) is 2.69. The number of ketones is 1. The first-order valence-corrected chi connectivity index (χ1v) is 8.90. The van der Waals surface area contributed by atoms with Crippen molar-refractivity contribution in [2.45, 2.75) is 84.1 Å². The summed E-state index contributed by atoms with van der Waals surface area (Å²) in [4.78, 5) is 12.5. The molecule has 0 amide bonds. The van der Waals surface area contributed by atoms with Crippen molar-refractivity contribution in [3.63, 3.8) is 0 Å². The summed E-state index contributed by atoms with van der Waals surface area (Å²) in [6.07, 6.45) is 11.3. The topological polar surface area (TPSA) is 105 Å². The Labute approximate surface area is 136 Å². The molecule has 0 spiro atoms. The van der Waals surface area contributed by atoms with Gasteiger partial charge in [-0.2, -0.15) is 0 Å². The molecule has 22 heavy (non-hydrogen) atoms. The van der Waals surface area contributed by atoms with Crippen LogP contribution in [0, 0.1) is 11.3 Å². The molecule has 0 aliphatic heterocycles. The average Bonchev–Trinajstić information content (AvgIpc) is 2.50. The van der Waals surface area contributed by atoms with E-state index in [-0.39, 0.29) is 24.2 Å². The normalized spacial score (nSPS) is 12.4. The van der Waals surface area contributed by atoms with E-state index in [0.29, 0.717) is 0 Å². The molecular weight excluding hydrogens is 276 g/mol. The molecule has 0 bridgehead atoms. The fourth-order valence-electron chi connectivity index (χ4n) is 2.69. The minimum Gasteiger partial charge on any atom is -0.370 e. The molecule has 0 aliphatic rings. The number of nitrogens with two attached hydrogens (primary N) is 2. The summed E-state index contributed by atoms with van der Waals surface area (Å²) in [6.45, 7) is 4.64. The summed E-state index contributed by atoms with van der Waals surface area (Å²) in [5, 5.41) is 9.80. The maximum atomic E-state index is 12.5. The van der Waals surface area contributed by atoms with Crippen LogP contribution >= 0.6 is 0 Å². The largest absolute Gasteiger partial charge is 0.370 e. The van der Waals surface area contributed by atoms with Gasteiger partial charge >= 0.3 is 0 Å². The van der Waals surface area contributed by atoms with Gasteiger partial charge in [0.2, 0.25) is 0 Å². The van der Waals surface area contributed by atoms with Gasteiger partial charge in [-0.3, -0.25) is 10.2 Å². The first kappa shape index (κ1) is 20.9. The van der Waals surface area contributed by atoms with Crippen molar-refractivity contribution in [1.29, 1.82) is 5.41 Å². The lowest BCUT2D eigenvalue weighted by Crippen LogP contribution is -2.46. The highest BCUT2D eigenvalue weighted by molar-refractivity contribution is 5.87. The number of unbranched alkanes of at least 4 members (excludes halogenated alkanes) is 6. The van der Waals surface area contributed by atoms with E-state index in [9.17, 15) is 4.79 Å². The lowest BCUT2D eigenvalue weighted by Gasteiger charge is -2.20. The molecule has 5 heteroatoms. The van der Waals surface area contributed by atoms with Crippen LogP contribution in [0.5, 0.6) is 0 Å². The fraction of sp³-hybridized carbons (Fsp3) is 0.882. The quantitative estimate of drug-likeness (QED) is 0.225. The summed E-state index contributed by atoms with van der Waals surface area (Å²) in [5.74, 6) is 0.0601. The zero-order valence-electron chi connectivity index (χ0n) is 14.5. The van der Waals surface area contributed by atoms with Gasteiger partial charge in [-0.1, -0.05) is 65.2 Å². The Kier molecular flexibility index (Phi) is 12.9. The van der Waals surface area contributed by atoms with E-state index < -0.39 is 6.04 Å². The van der Waals surface area contributed by atoms with Crippen molar-refractivity contribution < 1.29 is 4.79 Å². The lowest BCUT2D eigenvalue weighted by molar-refractivity contribution is -0.124. The first-order chi connectivity index (χ1) is 10.5. The summed E-state index contributed by atoms with van der Waals surface area (Å²) < 4.78 is 0. The van der Waals surface area contributed by atoms with Crippen molar-refractivity contribution in [2.75, 3.05) is 6.54 Å². The molecule has 0 saturated carbocycles. The second kappa shape index (κ2) is 13.6. The Morgan fingerprint density at radius 3 is 1.91 bits per heavy atom. The second-order valence-corrected chi connectivity index (χ2v) is 6.20. The molecule has 0 rings (SSSR count). The number of Topliss-reactive ketones (excluding diaryl/α,β-unsaturated/α-hetero) is 1. The van der Waals surface area contributed by atoms with E-state index in [0.717, 1.165) is 25.7 Å². The van der Waals surface area contributed by atoms with Crippen molar-refractivity contribution in [2.24, 2.45) is 17.4 Å². The minimum atomic E-state index is -0.564. The van der Waals surface area contributed by atoms with Crippen LogP contribution in [0.4, 0.5) is 0 Å². The van der Waals surface area contributed by atoms with Crippen LogP contribution in [-0.2, 0) is 4.79 Å². The molecule has 5 nitrogen and oxygen atoms in total. The van der Waals surface area contributed by atoms with E-state index in [1.54, 1.807) is 0 Å². The number of hydrogen-bond donors (Lipinski definition) is 4. The molecule has 130 valence electrons. The molecule has 0 aromatic rings. The van der Waals surface area contributed by atoms with Gasteiger partial charge in [-0.05, 0) is 12.8 Å². The summed E-state index contributed by atoms with van der Waals surface area (Å²) in [5.41, 5.74) is 11.2. The van der Waals surface area contributed by atoms with Gasteiger partial charge in [0.25, 0.3) is 0 Å². The Hall–Kier alpha value is -1.10. The monoisotopic (exact) mass is 312 g/mol. The number of carbonyl (C=O) groups is 1. The predicted octanol–water partition coefficient (Wildman–Crippen LogP) is 2.92. The highest BCUT2D eigenvalue weighted by Crippen LogP contribution is 2.20. The number of hydrogen-bond acceptors (Lipinski definition) is 3.